The summed E-state index contributed by atoms with van der Waals surface area (Å²) in [6.07, 6.45) is 7.89. The molecule has 0 aromatic carbocycles. The fourth-order valence-electron chi connectivity index (χ4n) is 8.00. The number of fused-ring (bicyclic) bond motifs is 2. The molecule has 0 aliphatic carbocycles. The molecule has 0 aromatic heterocycles. The Morgan fingerprint density at radius 3 is 1.78 bits per heavy atom. The SMILES string of the molecule is C[C@@H]1[C@H](O)[C@@H](C)\C=C/C=C/C=C/C=C/C=C/C=C/C=C/[C@H](O[C@@H]2O[C@H](C)[C@@H](O)[C@H](N)[C@@H]2O)C[C@@H]2O[C@](O)(C[C@@H](O)C[C@@H](O)CCC[C@@H](O)C[C@@H](O)CC(=O)O[C@H]1C)C[C@H](O)[C@H]2C(=O)O. The van der Waals surface area contributed by atoms with Crippen LogP contribution in [-0.2, 0) is 28.5 Å². The van der Waals surface area contributed by atoms with Gasteiger partial charge in [-0.3, -0.25) is 9.59 Å². The molecule has 362 valence electrons. The van der Waals surface area contributed by atoms with Crippen molar-refractivity contribution < 1.29 is 79.6 Å². The molecule has 0 aromatic rings. The quantitative estimate of drug-likeness (QED) is 0.180. The zero-order valence-electron chi connectivity index (χ0n) is 37.3. The maximum Gasteiger partial charge on any atom is 0.311 e. The predicted molar refractivity (Wildman–Crippen MR) is 236 cm³/mol. The standard InChI is InChI=1S/C47H73NO16/c1-28-18-15-13-11-9-7-5-6-8-10-12-14-16-21-36(63-46-44(57)41(48)43(56)31(4)62-46)25-38-40(45(58)59)37(53)27-47(60,64-38)26-35(52)23-33(50)20-17-19-32(49)22-34(51)24-39(54)61-30(3)29(2)42(28)55/h5-16,18,21,28-38,40-44,46,49-53,55-57,60H,17,19-20,22-27,48H2,1-4H3,(H,58,59)/b6-5+,9-7+,10-8+,13-11+,14-12+,18-15-,21-16+/t28-,29-,30-,31+,32+,33-,34+,35-,36-,37-,38-,40+,41-,42+,43+,44-,46-,47+/m0/s1. The monoisotopic (exact) mass is 907 g/mol. The van der Waals surface area contributed by atoms with Crippen LogP contribution in [0.3, 0.4) is 0 Å². The number of allylic oxidation sites excluding steroid dienone is 12. The van der Waals surface area contributed by atoms with Crippen molar-refractivity contribution in [2.24, 2.45) is 23.5 Å². The van der Waals surface area contributed by atoms with Gasteiger partial charge in [-0.25, -0.2) is 0 Å². The number of aliphatic hydroxyl groups excluding tert-OH is 8. The summed E-state index contributed by atoms with van der Waals surface area (Å²) >= 11 is 0. The van der Waals surface area contributed by atoms with Crippen LogP contribution in [0.25, 0.3) is 0 Å². The molecule has 64 heavy (non-hydrogen) atoms. The van der Waals surface area contributed by atoms with Crippen LogP contribution in [-0.4, -0.2) is 154 Å². The van der Waals surface area contributed by atoms with E-state index in [1.54, 1.807) is 63.3 Å². The van der Waals surface area contributed by atoms with Crippen molar-refractivity contribution in [1.29, 1.82) is 0 Å². The van der Waals surface area contributed by atoms with Crippen LogP contribution in [0, 0.1) is 17.8 Å². The maximum absolute atomic E-state index is 12.6. The van der Waals surface area contributed by atoms with E-state index in [-0.39, 0.29) is 50.9 Å². The molecule has 17 heteroatoms. The summed E-state index contributed by atoms with van der Waals surface area (Å²) in [5.41, 5.74) is 6.02. The largest absolute Gasteiger partial charge is 0.481 e. The van der Waals surface area contributed by atoms with Gasteiger partial charge in [0.05, 0.1) is 73.5 Å². The Labute approximate surface area is 376 Å². The Morgan fingerprint density at radius 2 is 1.22 bits per heavy atom. The highest BCUT2D eigenvalue weighted by Gasteiger charge is 2.51. The van der Waals surface area contributed by atoms with Crippen molar-refractivity contribution in [1.82, 2.24) is 0 Å². The van der Waals surface area contributed by atoms with Crippen LogP contribution in [0.15, 0.2) is 85.1 Å². The summed E-state index contributed by atoms with van der Waals surface area (Å²) in [6, 6.07) is -1.13. The lowest BCUT2D eigenvalue weighted by molar-refractivity contribution is -0.308. The smallest absolute Gasteiger partial charge is 0.311 e. The van der Waals surface area contributed by atoms with E-state index in [0.29, 0.717) is 0 Å². The van der Waals surface area contributed by atoms with E-state index in [0.717, 1.165) is 0 Å². The first-order valence-corrected chi connectivity index (χ1v) is 22.2. The molecule has 3 aliphatic heterocycles. The molecule has 2 saturated heterocycles. The molecule has 12 N–H and O–H groups in total. The van der Waals surface area contributed by atoms with Gasteiger partial charge in [-0.1, -0.05) is 98.9 Å². The Balaban J connectivity index is 1.84. The van der Waals surface area contributed by atoms with E-state index >= 15 is 0 Å². The van der Waals surface area contributed by atoms with Crippen LogP contribution in [0.4, 0.5) is 0 Å². The summed E-state index contributed by atoms with van der Waals surface area (Å²) in [4.78, 5) is 25.1. The lowest BCUT2D eigenvalue weighted by atomic mass is 9.82. The number of aliphatic hydroxyl groups is 9. The number of carbonyl (C=O) groups excluding carboxylic acids is 1. The molecule has 17 nitrogen and oxygen atoms in total. The van der Waals surface area contributed by atoms with Crippen molar-refractivity contribution in [2.75, 3.05) is 0 Å². The second-order valence-corrected chi connectivity index (χ2v) is 17.4. The number of hydrogen-bond donors (Lipinski definition) is 11. The van der Waals surface area contributed by atoms with E-state index in [9.17, 15) is 60.7 Å². The number of esters is 1. The third-order valence-corrected chi connectivity index (χ3v) is 11.9. The molecule has 0 saturated carbocycles. The Hall–Kier alpha value is -3.40. The predicted octanol–water partition coefficient (Wildman–Crippen LogP) is 1.74. The van der Waals surface area contributed by atoms with Gasteiger partial charge in [0.2, 0.25) is 0 Å². The average Bonchev–Trinajstić information content (AvgIpc) is 3.20. The zero-order valence-corrected chi connectivity index (χ0v) is 37.3. The first-order chi connectivity index (χ1) is 30.2. The highest BCUT2D eigenvalue weighted by molar-refractivity contribution is 5.71. The lowest BCUT2D eigenvalue weighted by Gasteiger charge is -2.45. The minimum atomic E-state index is -2.23. The molecule has 18 atom stereocenters. The fourth-order valence-corrected chi connectivity index (χ4v) is 8.00. The van der Waals surface area contributed by atoms with Crippen LogP contribution in [0.2, 0.25) is 0 Å². The summed E-state index contributed by atoms with van der Waals surface area (Å²) in [5.74, 6) is -6.55. The zero-order chi connectivity index (χ0) is 47.6. The van der Waals surface area contributed by atoms with Crippen molar-refractivity contribution in [3.05, 3.63) is 85.1 Å². The van der Waals surface area contributed by atoms with Crippen LogP contribution < -0.4 is 5.73 Å². The number of carboxylic acid groups (broad SMARTS) is 1. The summed E-state index contributed by atoms with van der Waals surface area (Å²) in [7, 11) is 0. The molecular weight excluding hydrogens is 835 g/mol. The maximum atomic E-state index is 12.6. The molecule has 0 unspecified atom stereocenters. The molecule has 0 spiro atoms. The lowest BCUT2D eigenvalue weighted by Crippen LogP contribution is -2.61. The van der Waals surface area contributed by atoms with Crippen molar-refractivity contribution in [3.63, 3.8) is 0 Å². The van der Waals surface area contributed by atoms with Gasteiger partial charge in [-0.15, -0.1) is 0 Å². The van der Waals surface area contributed by atoms with Crippen LogP contribution >= 0.6 is 0 Å². The highest BCUT2D eigenvalue weighted by Crippen LogP contribution is 2.38. The highest BCUT2D eigenvalue weighted by atomic mass is 16.7. The topological polar surface area (TPSA) is 299 Å². The summed E-state index contributed by atoms with van der Waals surface area (Å²) in [5, 5.41) is 107. The van der Waals surface area contributed by atoms with Gasteiger partial charge in [-0.05, 0) is 46.0 Å². The van der Waals surface area contributed by atoms with Crippen molar-refractivity contribution in [3.8, 4) is 0 Å². The number of rotatable bonds is 3. The van der Waals surface area contributed by atoms with Crippen LogP contribution in [0.1, 0.15) is 85.5 Å². The van der Waals surface area contributed by atoms with Gasteiger partial charge in [0, 0.05) is 31.1 Å². The minimum Gasteiger partial charge on any atom is -0.481 e. The summed E-state index contributed by atoms with van der Waals surface area (Å²) in [6.45, 7) is 6.82. The van der Waals surface area contributed by atoms with Gasteiger partial charge >= 0.3 is 11.9 Å². The first kappa shape index (κ1) is 54.9. The van der Waals surface area contributed by atoms with Crippen LogP contribution in [0.5, 0.6) is 0 Å². The fraction of sp³-hybridized carbons (Fsp3) is 0.660. The van der Waals surface area contributed by atoms with E-state index < -0.39 is 128 Å². The van der Waals surface area contributed by atoms with Gasteiger partial charge < -0.3 is 75.7 Å². The Bertz CT molecular complexity index is 1630. The first-order valence-electron chi connectivity index (χ1n) is 22.2. The molecule has 3 rings (SSSR count). The third kappa shape index (κ3) is 18.5. The number of ether oxygens (including phenoxy) is 4. The third-order valence-electron chi connectivity index (χ3n) is 11.9. The van der Waals surface area contributed by atoms with E-state index in [1.165, 1.54) is 6.08 Å². The summed E-state index contributed by atoms with van der Waals surface area (Å²) < 4.78 is 23.2. The molecule has 0 amide bonds. The minimum absolute atomic E-state index is 0.122. The van der Waals surface area contributed by atoms with Gasteiger partial charge in [0.25, 0.3) is 0 Å². The second-order valence-electron chi connectivity index (χ2n) is 17.4. The number of nitrogens with two attached hydrogens (primary N) is 1. The van der Waals surface area contributed by atoms with Gasteiger partial charge in [-0.2, -0.15) is 0 Å². The molecular formula is C47H73NO16. The molecule has 2 fully saturated rings. The second kappa shape index (κ2) is 27.3. The number of cyclic esters (lactones) is 1. The van der Waals surface area contributed by atoms with Crippen molar-refractivity contribution >= 4 is 11.9 Å². The number of carbonyl (C=O) groups is 2. The molecule has 0 radical (unpaired) electrons. The number of aliphatic carboxylic acids is 1. The molecule has 2 bridgehead atoms. The van der Waals surface area contributed by atoms with E-state index in [2.05, 4.69) is 0 Å². The number of hydrogen-bond acceptors (Lipinski definition) is 16. The molecule has 3 aliphatic rings. The number of carboxylic acids is 1. The Kier molecular flexibility index (Phi) is 23.4. The molecule has 3 heterocycles. The van der Waals surface area contributed by atoms with E-state index in [1.807, 2.05) is 43.4 Å². The average molecular weight is 908 g/mol. The van der Waals surface area contributed by atoms with E-state index in [4.69, 9.17) is 24.7 Å². The van der Waals surface area contributed by atoms with Gasteiger partial charge in [0.1, 0.15) is 18.1 Å². The Morgan fingerprint density at radius 1 is 0.688 bits per heavy atom. The van der Waals surface area contributed by atoms with Crippen molar-refractivity contribution in [2.45, 2.75) is 177 Å². The van der Waals surface area contributed by atoms with Gasteiger partial charge in [0.15, 0.2) is 12.1 Å². The normalized spacial score (nSPS) is 44.8.